The second-order valence-corrected chi connectivity index (χ2v) is 5.30. The predicted octanol–water partition coefficient (Wildman–Crippen LogP) is 3.71. The molecule has 2 heteroatoms. The summed E-state index contributed by atoms with van der Waals surface area (Å²) in [7, 11) is 0. The lowest BCUT2D eigenvalue weighted by Gasteiger charge is -2.22. The molecule has 0 aliphatic carbocycles. The van der Waals surface area contributed by atoms with Crippen LogP contribution in [0.1, 0.15) is 44.6 Å². The minimum atomic E-state index is 0.706. The van der Waals surface area contributed by atoms with E-state index in [9.17, 15) is 0 Å². The maximum Gasteiger partial charge on any atom is 0.0376 e. The fourth-order valence-corrected chi connectivity index (χ4v) is 2.92. The Hall–Kier alpha value is -1.02. The van der Waals surface area contributed by atoms with Crippen molar-refractivity contribution in [2.24, 2.45) is 0 Å². The molecule has 0 fully saturated rings. The van der Waals surface area contributed by atoms with Gasteiger partial charge in [-0.3, -0.25) is 0 Å². The number of nitrogens with zero attached hydrogens (tertiary/aromatic N) is 1. The molecule has 0 saturated heterocycles. The quantitative estimate of drug-likeness (QED) is 0.789. The van der Waals surface area contributed by atoms with E-state index in [4.69, 9.17) is 0 Å². The third-order valence-electron chi connectivity index (χ3n) is 3.81. The van der Waals surface area contributed by atoms with E-state index in [-0.39, 0.29) is 0 Å². The van der Waals surface area contributed by atoms with Gasteiger partial charge in [0.05, 0.1) is 0 Å². The average molecular weight is 246 g/mol. The van der Waals surface area contributed by atoms with Crippen LogP contribution in [0.2, 0.25) is 0 Å². The van der Waals surface area contributed by atoms with Gasteiger partial charge in [0, 0.05) is 18.2 Å². The van der Waals surface area contributed by atoms with Crippen molar-refractivity contribution >= 4 is 5.69 Å². The Morgan fingerprint density at radius 1 is 1.11 bits per heavy atom. The van der Waals surface area contributed by atoms with Gasteiger partial charge in [0.2, 0.25) is 0 Å². The summed E-state index contributed by atoms with van der Waals surface area (Å²) >= 11 is 0. The Labute approximate surface area is 111 Å². The summed E-state index contributed by atoms with van der Waals surface area (Å²) in [4.78, 5) is 2.61. The van der Waals surface area contributed by atoms with Gasteiger partial charge in [-0.05, 0) is 50.5 Å². The van der Waals surface area contributed by atoms with Gasteiger partial charge >= 0.3 is 0 Å². The van der Waals surface area contributed by atoms with Crippen LogP contribution in [-0.2, 0) is 0 Å². The van der Waals surface area contributed by atoms with E-state index < -0.39 is 0 Å². The highest BCUT2D eigenvalue weighted by atomic mass is 15.1. The molecular formula is C16H26N2. The largest absolute Gasteiger partial charge is 0.384 e. The summed E-state index contributed by atoms with van der Waals surface area (Å²) in [6.07, 6.45) is 3.81. The average Bonchev–Trinajstić information content (AvgIpc) is 2.80. The predicted molar refractivity (Wildman–Crippen MR) is 79.3 cm³/mol. The zero-order valence-corrected chi connectivity index (χ0v) is 11.8. The van der Waals surface area contributed by atoms with Crippen molar-refractivity contribution in [3.8, 4) is 0 Å². The fourth-order valence-electron chi connectivity index (χ4n) is 2.92. The number of hydrogen-bond donors (Lipinski definition) is 1. The third-order valence-corrected chi connectivity index (χ3v) is 3.81. The first-order chi connectivity index (χ1) is 8.85. The summed E-state index contributed by atoms with van der Waals surface area (Å²) in [5.41, 5.74) is 2.87. The highest BCUT2D eigenvalue weighted by Gasteiger charge is 2.21. The van der Waals surface area contributed by atoms with Gasteiger partial charge in [-0.25, -0.2) is 0 Å². The van der Waals surface area contributed by atoms with E-state index in [1.54, 1.807) is 0 Å². The van der Waals surface area contributed by atoms with Gasteiger partial charge < -0.3 is 10.2 Å². The number of nitrogens with one attached hydrogen (secondary N) is 1. The van der Waals surface area contributed by atoms with Crippen LogP contribution in [0.15, 0.2) is 24.3 Å². The number of fused-ring (bicyclic) bond motifs is 1. The minimum absolute atomic E-state index is 0.706. The van der Waals surface area contributed by atoms with Crippen molar-refractivity contribution in [2.45, 2.75) is 39.0 Å². The van der Waals surface area contributed by atoms with Crippen LogP contribution in [0.25, 0.3) is 0 Å². The second kappa shape index (κ2) is 6.79. The molecule has 2 rings (SSSR count). The summed E-state index contributed by atoms with van der Waals surface area (Å²) in [5, 5.41) is 3.52. The van der Waals surface area contributed by atoms with Gasteiger partial charge in [0.25, 0.3) is 0 Å². The SMILES string of the molecule is CCCN(CCC)CCC1CNc2ccccc21. The molecule has 1 aliphatic rings. The first-order valence-corrected chi connectivity index (χ1v) is 7.40. The molecular weight excluding hydrogens is 220 g/mol. The van der Waals surface area contributed by atoms with Crippen LogP contribution >= 0.6 is 0 Å². The maximum atomic E-state index is 3.52. The van der Waals surface area contributed by atoms with Gasteiger partial charge in [0.15, 0.2) is 0 Å². The Morgan fingerprint density at radius 2 is 1.83 bits per heavy atom. The summed E-state index contributed by atoms with van der Waals surface area (Å²) in [6.45, 7) is 9.39. The molecule has 0 aromatic heterocycles. The molecule has 0 radical (unpaired) electrons. The molecule has 1 heterocycles. The smallest absolute Gasteiger partial charge is 0.0376 e. The van der Waals surface area contributed by atoms with E-state index in [2.05, 4.69) is 48.3 Å². The third kappa shape index (κ3) is 3.26. The topological polar surface area (TPSA) is 15.3 Å². The summed E-state index contributed by atoms with van der Waals surface area (Å²) < 4.78 is 0. The molecule has 0 saturated carbocycles. The van der Waals surface area contributed by atoms with Crippen molar-refractivity contribution < 1.29 is 0 Å². The lowest BCUT2D eigenvalue weighted by atomic mass is 9.97. The first-order valence-electron chi connectivity index (χ1n) is 7.40. The number of anilines is 1. The lowest BCUT2D eigenvalue weighted by Crippen LogP contribution is -2.27. The number of benzene rings is 1. The molecule has 18 heavy (non-hydrogen) atoms. The second-order valence-electron chi connectivity index (χ2n) is 5.30. The molecule has 1 N–H and O–H groups in total. The highest BCUT2D eigenvalue weighted by Crippen LogP contribution is 2.33. The van der Waals surface area contributed by atoms with Crippen LogP contribution in [0, 0.1) is 0 Å². The summed E-state index contributed by atoms with van der Waals surface area (Å²) in [5.74, 6) is 0.706. The van der Waals surface area contributed by atoms with Crippen LogP contribution in [0.4, 0.5) is 5.69 Å². The Morgan fingerprint density at radius 3 is 2.56 bits per heavy atom. The normalized spacial score (nSPS) is 17.8. The van der Waals surface area contributed by atoms with Gasteiger partial charge in [-0.15, -0.1) is 0 Å². The number of rotatable bonds is 7. The Kier molecular flexibility index (Phi) is 5.06. The van der Waals surface area contributed by atoms with Crippen LogP contribution in [0.3, 0.4) is 0 Å². The molecule has 100 valence electrons. The molecule has 0 amide bonds. The Bertz CT molecular complexity index is 356. The van der Waals surface area contributed by atoms with E-state index in [1.807, 2.05) is 0 Å². The molecule has 2 nitrogen and oxygen atoms in total. The molecule has 1 aliphatic heterocycles. The number of hydrogen-bond acceptors (Lipinski definition) is 2. The fraction of sp³-hybridized carbons (Fsp3) is 0.625. The van der Waals surface area contributed by atoms with Crippen molar-refractivity contribution in [1.29, 1.82) is 0 Å². The first kappa shape index (κ1) is 13.4. The minimum Gasteiger partial charge on any atom is -0.384 e. The van der Waals surface area contributed by atoms with Gasteiger partial charge in [-0.1, -0.05) is 32.0 Å². The summed E-state index contributed by atoms with van der Waals surface area (Å²) in [6, 6.07) is 8.76. The molecule has 1 unspecified atom stereocenters. The van der Waals surface area contributed by atoms with E-state index in [0.29, 0.717) is 5.92 Å². The monoisotopic (exact) mass is 246 g/mol. The van der Waals surface area contributed by atoms with Gasteiger partial charge in [-0.2, -0.15) is 0 Å². The zero-order chi connectivity index (χ0) is 12.8. The van der Waals surface area contributed by atoms with Gasteiger partial charge in [0.1, 0.15) is 0 Å². The molecule has 1 atom stereocenters. The van der Waals surface area contributed by atoms with E-state index >= 15 is 0 Å². The van der Waals surface area contributed by atoms with Crippen LogP contribution in [-0.4, -0.2) is 31.1 Å². The molecule has 1 aromatic rings. The standard InChI is InChI=1S/C16H26N2/c1-3-10-18(11-4-2)12-9-14-13-17-16-8-6-5-7-15(14)16/h5-8,14,17H,3-4,9-13H2,1-2H3. The molecule has 0 bridgehead atoms. The molecule has 1 aromatic carbocycles. The van der Waals surface area contributed by atoms with Crippen molar-refractivity contribution in [3.05, 3.63) is 29.8 Å². The van der Waals surface area contributed by atoms with Crippen molar-refractivity contribution in [1.82, 2.24) is 4.90 Å². The number of para-hydroxylation sites is 1. The van der Waals surface area contributed by atoms with Crippen molar-refractivity contribution in [2.75, 3.05) is 31.5 Å². The van der Waals surface area contributed by atoms with Crippen LogP contribution in [0.5, 0.6) is 0 Å². The van der Waals surface area contributed by atoms with Crippen molar-refractivity contribution in [3.63, 3.8) is 0 Å². The Balaban J connectivity index is 1.87. The van der Waals surface area contributed by atoms with E-state index in [1.165, 1.54) is 50.1 Å². The van der Waals surface area contributed by atoms with E-state index in [0.717, 1.165) is 6.54 Å². The highest BCUT2D eigenvalue weighted by molar-refractivity contribution is 5.57. The molecule has 0 spiro atoms. The van der Waals surface area contributed by atoms with Crippen LogP contribution < -0.4 is 5.32 Å². The lowest BCUT2D eigenvalue weighted by molar-refractivity contribution is 0.265. The zero-order valence-electron chi connectivity index (χ0n) is 11.8. The maximum absolute atomic E-state index is 3.52.